The fourth-order valence-electron chi connectivity index (χ4n) is 2.56. The minimum Gasteiger partial charge on any atom is -0.356 e. The van der Waals surface area contributed by atoms with Gasteiger partial charge in [-0.1, -0.05) is 13.8 Å². The Balaban J connectivity index is 2.32. The summed E-state index contributed by atoms with van der Waals surface area (Å²) in [4.78, 5) is 50.2. The van der Waals surface area contributed by atoms with E-state index in [1.165, 1.54) is 28.5 Å². The molecule has 1 saturated heterocycles. The van der Waals surface area contributed by atoms with Crippen LogP contribution in [0, 0.1) is 0 Å². The molecule has 1 aliphatic rings. The number of nitrogens with one attached hydrogen (secondary N) is 1. The minimum absolute atomic E-state index is 0.0795. The highest BCUT2D eigenvalue weighted by Crippen LogP contribution is 2.28. The number of hydrogen-bond donors (Lipinski definition) is 1. The zero-order valence-electron chi connectivity index (χ0n) is 17.7. The van der Waals surface area contributed by atoms with E-state index in [0.717, 1.165) is 0 Å². The molecule has 0 bridgehead atoms. The lowest BCUT2D eigenvalue weighted by Gasteiger charge is -2.28. The van der Waals surface area contributed by atoms with Crippen molar-refractivity contribution in [1.82, 2.24) is 15.1 Å². The van der Waals surface area contributed by atoms with Crippen molar-refractivity contribution in [3.63, 3.8) is 0 Å². The highest BCUT2D eigenvalue weighted by atomic mass is 32.2. The Morgan fingerprint density at radius 2 is 2.00 bits per heavy atom. The van der Waals surface area contributed by atoms with Gasteiger partial charge in [0.15, 0.2) is 0 Å². The van der Waals surface area contributed by atoms with Crippen molar-refractivity contribution >= 4 is 35.4 Å². The summed E-state index contributed by atoms with van der Waals surface area (Å²) in [5.74, 6) is -0.693. The van der Waals surface area contributed by atoms with Crippen LogP contribution in [0.1, 0.15) is 53.9 Å². The molecule has 0 aromatic heterocycles. The summed E-state index contributed by atoms with van der Waals surface area (Å²) >= 11 is 1.49. The van der Waals surface area contributed by atoms with Gasteiger partial charge in [-0.3, -0.25) is 24.1 Å². The van der Waals surface area contributed by atoms with Gasteiger partial charge in [-0.15, -0.1) is 11.8 Å². The van der Waals surface area contributed by atoms with Gasteiger partial charge in [0.1, 0.15) is 6.73 Å². The molecule has 0 aromatic rings. The van der Waals surface area contributed by atoms with Gasteiger partial charge in [0.25, 0.3) is 0 Å². The van der Waals surface area contributed by atoms with E-state index in [0.29, 0.717) is 13.0 Å². The second-order valence-corrected chi connectivity index (χ2v) is 9.65. The molecule has 0 aliphatic carbocycles. The lowest BCUT2D eigenvalue weighted by molar-refractivity contribution is -0.139. The van der Waals surface area contributed by atoms with Gasteiger partial charge >= 0.3 is 0 Å². The molecule has 1 unspecified atom stereocenters. The predicted molar refractivity (Wildman–Crippen MR) is 109 cm³/mol. The molecule has 0 radical (unpaired) electrons. The van der Waals surface area contributed by atoms with Crippen molar-refractivity contribution in [2.75, 3.05) is 26.9 Å². The van der Waals surface area contributed by atoms with E-state index in [4.69, 9.17) is 4.74 Å². The van der Waals surface area contributed by atoms with Crippen LogP contribution in [0.25, 0.3) is 0 Å². The van der Waals surface area contributed by atoms with Gasteiger partial charge in [-0.05, 0) is 25.5 Å². The van der Waals surface area contributed by atoms with E-state index in [2.05, 4.69) is 5.32 Å². The lowest BCUT2D eigenvalue weighted by Crippen LogP contribution is -2.38. The average molecular weight is 416 g/mol. The summed E-state index contributed by atoms with van der Waals surface area (Å²) < 4.78 is 5.70. The van der Waals surface area contributed by atoms with Gasteiger partial charge in [-0.25, -0.2) is 0 Å². The van der Waals surface area contributed by atoms with E-state index < -0.39 is 5.60 Å². The van der Waals surface area contributed by atoms with Crippen LogP contribution in [-0.4, -0.2) is 76.4 Å². The van der Waals surface area contributed by atoms with Crippen molar-refractivity contribution in [1.29, 1.82) is 0 Å². The molecule has 9 heteroatoms. The second-order valence-electron chi connectivity index (χ2n) is 7.86. The van der Waals surface area contributed by atoms with Gasteiger partial charge in [-0.2, -0.15) is 0 Å². The Kier molecular flexibility index (Phi) is 9.43. The van der Waals surface area contributed by atoms with E-state index in [1.807, 2.05) is 27.7 Å². The Bertz CT molecular complexity index is 594. The number of carbonyl (C=O) groups is 4. The summed E-state index contributed by atoms with van der Waals surface area (Å²) in [6.45, 7) is 9.93. The van der Waals surface area contributed by atoms with Gasteiger partial charge in [0, 0.05) is 39.9 Å². The zero-order chi connectivity index (χ0) is 21.5. The first-order valence-corrected chi connectivity index (χ1v) is 10.5. The lowest BCUT2D eigenvalue weighted by atomic mass is 10.1. The van der Waals surface area contributed by atoms with Crippen LogP contribution in [0.5, 0.6) is 0 Å². The van der Waals surface area contributed by atoms with Gasteiger partial charge in [0.2, 0.25) is 23.6 Å². The third kappa shape index (κ3) is 8.18. The van der Waals surface area contributed by atoms with Crippen molar-refractivity contribution in [3.05, 3.63) is 0 Å². The quantitative estimate of drug-likeness (QED) is 0.405. The maximum Gasteiger partial charge on any atom is 0.242 e. The summed E-state index contributed by atoms with van der Waals surface area (Å²) in [6, 6.07) is 0. The Hall–Kier alpha value is -1.61. The maximum absolute atomic E-state index is 12.3. The first-order valence-electron chi connectivity index (χ1n) is 9.55. The number of ether oxygens (including phenoxy) is 1. The van der Waals surface area contributed by atoms with E-state index in [9.17, 15) is 19.2 Å². The monoisotopic (exact) mass is 415 g/mol. The molecule has 8 nitrogen and oxygen atoms in total. The molecule has 0 saturated carbocycles. The predicted octanol–water partition coefficient (Wildman–Crippen LogP) is 1.38. The van der Waals surface area contributed by atoms with E-state index in [1.54, 1.807) is 7.05 Å². The SMILES string of the molecule is CC(=O)N(C)COC(C)(C)CCNC(=O)CCN1C(=O)CC(SC(C)C)C1=O. The topological polar surface area (TPSA) is 96.0 Å². The second kappa shape index (κ2) is 10.8. The third-order valence-electron chi connectivity index (χ3n) is 4.44. The number of rotatable bonds is 11. The fourth-order valence-corrected chi connectivity index (χ4v) is 3.70. The fraction of sp³-hybridized carbons (Fsp3) is 0.789. The molecule has 160 valence electrons. The number of amides is 4. The van der Waals surface area contributed by atoms with Crippen LogP contribution in [-0.2, 0) is 23.9 Å². The van der Waals surface area contributed by atoms with Crippen LogP contribution in [0.2, 0.25) is 0 Å². The van der Waals surface area contributed by atoms with Crippen LogP contribution in [0.4, 0.5) is 0 Å². The smallest absolute Gasteiger partial charge is 0.242 e. The standard InChI is InChI=1S/C19H33N3O5S/c1-13(2)28-15-11-17(25)22(18(15)26)10-7-16(24)20-9-8-19(4,5)27-12-21(6)14(3)23/h13,15H,7-12H2,1-6H3,(H,20,24). The normalized spacial score (nSPS) is 17.4. The number of hydrogen-bond acceptors (Lipinski definition) is 6. The molecule has 28 heavy (non-hydrogen) atoms. The Morgan fingerprint density at radius 3 is 2.57 bits per heavy atom. The molecule has 1 atom stereocenters. The molecular weight excluding hydrogens is 382 g/mol. The maximum atomic E-state index is 12.3. The number of thioether (sulfide) groups is 1. The molecule has 0 aromatic carbocycles. The number of likely N-dealkylation sites (tertiary alicyclic amines) is 1. The average Bonchev–Trinajstić information content (AvgIpc) is 2.83. The van der Waals surface area contributed by atoms with Crippen molar-refractivity contribution in [3.8, 4) is 0 Å². The number of nitrogens with zero attached hydrogens (tertiary/aromatic N) is 2. The van der Waals surface area contributed by atoms with Crippen LogP contribution >= 0.6 is 11.8 Å². The van der Waals surface area contributed by atoms with Crippen LogP contribution in [0.15, 0.2) is 0 Å². The molecule has 0 spiro atoms. The minimum atomic E-state index is -0.501. The zero-order valence-corrected chi connectivity index (χ0v) is 18.6. The molecular formula is C19H33N3O5S. The molecule has 1 heterocycles. The largest absolute Gasteiger partial charge is 0.356 e. The highest BCUT2D eigenvalue weighted by molar-refractivity contribution is 8.01. The van der Waals surface area contributed by atoms with E-state index >= 15 is 0 Å². The first kappa shape index (κ1) is 24.4. The Morgan fingerprint density at radius 1 is 1.36 bits per heavy atom. The number of carbonyl (C=O) groups excluding carboxylic acids is 4. The van der Waals surface area contributed by atoms with E-state index in [-0.39, 0.29) is 60.2 Å². The van der Waals surface area contributed by atoms with Crippen molar-refractivity contribution < 1.29 is 23.9 Å². The van der Waals surface area contributed by atoms with Crippen LogP contribution < -0.4 is 5.32 Å². The highest BCUT2D eigenvalue weighted by Gasteiger charge is 2.39. The van der Waals surface area contributed by atoms with Gasteiger partial charge in [0.05, 0.1) is 10.9 Å². The molecule has 1 fully saturated rings. The Labute approximate surface area is 171 Å². The summed E-state index contributed by atoms with van der Waals surface area (Å²) in [7, 11) is 1.66. The summed E-state index contributed by atoms with van der Waals surface area (Å²) in [6.07, 6.45) is 0.869. The molecule has 4 amide bonds. The van der Waals surface area contributed by atoms with Crippen LogP contribution in [0.3, 0.4) is 0 Å². The van der Waals surface area contributed by atoms with Gasteiger partial charge < -0.3 is 15.0 Å². The third-order valence-corrected chi connectivity index (χ3v) is 5.68. The molecule has 1 rings (SSSR count). The molecule has 1 aliphatic heterocycles. The first-order chi connectivity index (χ1) is 12.9. The van der Waals surface area contributed by atoms with Crippen molar-refractivity contribution in [2.24, 2.45) is 0 Å². The number of imide groups is 1. The summed E-state index contributed by atoms with van der Waals surface area (Å²) in [5, 5.41) is 2.73. The summed E-state index contributed by atoms with van der Waals surface area (Å²) in [5.41, 5.74) is -0.501. The van der Waals surface area contributed by atoms with Crippen molar-refractivity contribution in [2.45, 2.75) is 70.0 Å². The molecule has 1 N–H and O–H groups in total.